The molecule has 3 aromatic rings. The van der Waals surface area contributed by atoms with Crippen LogP contribution in [0.15, 0.2) is 42.6 Å². The van der Waals surface area contributed by atoms with Gasteiger partial charge in [0.1, 0.15) is 11.5 Å². The highest BCUT2D eigenvalue weighted by Crippen LogP contribution is 2.26. The first-order chi connectivity index (χ1) is 13.2. The van der Waals surface area contributed by atoms with Crippen molar-refractivity contribution < 1.29 is 9.18 Å². The number of nitrogens with zero attached hydrogens (tertiary/aromatic N) is 4. The molecular weight excluding hydrogens is 365 g/mol. The maximum atomic E-state index is 13.7. The standard InChI is InChI=1S/C19H20FN5OS/c20-15-8-3-2-7-14(15)13-21-17(26)16-9-6-12-25(16)19-23-22-18(27-19)24-10-4-1-5-11-24/h2-3,6-9,12H,1,4-5,10-11,13H2,(H,21,26). The predicted molar refractivity (Wildman–Crippen MR) is 103 cm³/mol. The fraction of sp³-hybridized carbons (Fsp3) is 0.316. The minimum Gasteiger partial charge on any atom is -0.347 e. The number of rotatable bonds is 5. The number of halogens is 1. The van der Waals surface area contributed by atoms with E-state index in [2.05, 4.69) is 20.4 Å². The summed E-state index contributed by atoms with van der Waals surface area (Å²) in [6.45, 7) is 2.12. The molecule has 1 saturated heterocycles. The molecule has 1 N–H and O–H groups in total. The summed E-state index contributed by atoms with van der Waals surface area (Å²) < 4.78 is 15.5. The number of carbonyl (C=O) groups is 1. The molecule has 0 spiro atoms. The van der Waals surface area contributed by atoms with Gasteiger partial charge in [0.15, 0.2) is 0 Å². The first-order valence-corrected chi connectivity index (χ1v) is 9.82. The van der Waals surface area contributed by atoms with Gasteiger partial charge >= 0.3 is 0 Å². The maximum Gasteiger partial charge on any atom is 0.268 e. The Balaban J connectivity index is 1.48. The Morgan fingerprint density at radius 1 is 1.07 bits per heavy atom. The molecule has 1 aromatic carbocycles. The summed E-state index contributed by atoms with van der Waals surface area (Å²) in [4.78, 5) is 14.8. The Kier molecular flexibility index (Phi) is 5.15. The zero-order valence-electron chi connectivity index (χ0n) is 14.8. The summed E-state index contributed by atoms with van der Waals surface area (Å²) in [6, 6.07) is 9.92. The third-order valence-electron chi connectivity index (χ3n) is 4.61. The number of carbonyl (C=O) groups excluding carboxylic acids is 1. The minimum absolute atomic E-state index is 0.131. The third-order valence-corrected chi connectivity index (χ3v) is 5.60. The van der Waals surface area contributed by atoms with Crippen molar-refractivity contribution in [3.05, 3.63) is 59.7 Å². The molecule has 0 radical (unpaired) electrons. The van der Waals surface area contributed by atoms with Crippen LogP contribution in [0.25, 0.3) is 5.13 Å². The number of benzene rings is 1. The van der Waals surface area contributed by atoms with Gasteiger partial charge in [-0.05, 0) is 37.5 Å². The van der Waals surface area contributed by atoms with Crippen LogP contribution >= 0.6 is 11.3 Å². The van der Waals surface area contributed by atoms with Gasteiger partial charge in [-0.1, -0.05) is 29.5 Å². The van der Waals surface area contributed by atoms with Crippen LogP contribution < -0.4 is 10.2 Å². The summed E-state index contributed by atoms with van der Waals surface area (Å²) in [6.07, 6.45) is 5.38. The summed E-state index contributed by atoms with van der Waals surface area (Å²) in [5.41, 5.74) is 0.903. The van der Waals surface area contributed by atoms with Gasteiger partial charge in [0.05, 0.1) is 0 Å². The fourth-order valence-electron chi connectivity index (χ4n) is 3.16. The highest BCUT2D eigenvalue weighted by atomic mass is 32.1. The Labute approximate surface area is 160 Å². The number of hydrogen-bond acceptors (Lipinski definition) is 5. The second-order valence-corrected chi connectivity index (χ2v) is 7.39. The van der Waals surface area contributed by atoms with E-state index in [0.717, 1.165) is 18.2 Å². The van der Waals surface area contributed by atoms with Gasteiger partial charge in [-0.3, -0.25) is 9.36 Å². The monoisotopic (exact) mass is 385 g/mol. The SMILES string of the molecule is O=C(NCc1ccccc1F)c1cccn1-c1nnc(N2CCCCC2)s1. The highest BCUT2D eigenvalue weighted by molar-refractivity contribution is 7.17. The highest BCUT2D eigenvalue weighted by Gasteiger charge is 2.19. The van der Waals surface area contributed by atoms with Crippen LogP contribution in [-0.4, -0.2) is 33.8 Å². The lowest BCUT2D eigenvalue weighted by Crippen LogP contribution is -2.29. The van der Waals surface area contributed by atoms with Crippen LogP contribution in [0.5, 0.6) is 0 Å². The number of piperidine rings is 1. The molecule has 0 aliphatic carbocycles. The first kappa shape index (κ1) is 17.7. The van der Waals surface area contributed by atoms with Crippen LogP contribution in [0.1, 0.15) is 35.3 Å². The summed E-state index contributed by atoms with van der Waals surface area (Å²) >= 11 is 1.47. The topological polar surface area (TPSA) is 63.1 Å². The Hall–Kier alpha value is -2.74. The van der Waals surface area contributed by atoms with Gasteiger partial charge in [0.25, 0.3) is 5.91 Å². The summed E-state index contributed by atoms with van der Waals surface area (Å²) in [5.74, 6) is -0.610. The molecule has 27 heavy (non-hydrogen) atoms. The second kappa shape index (κ2) is 7.87. The van der Waals surface area contributed by atoms with E-state index in [4.69, 9.17) is 0 Å². The Bertz CT molecular complexity index is 932. The van der Waals surface area contributed by atoms with Gasteiger partial charge in [0.2, 0.25) is 10.3 Å². The number of anilines is 1. The molecule has 6 nitrogen and oxygen atoms in total. The molecule has 2 aromatic heterocycles. The Morgan fingerprint density at radius 2 is 1.85 bits per heavy atom. The predicted octanol–water partition coefficient (Wildman–Crippen LogP) is 3.39. The number of aromatic nitrogens is 3. The second-order valence-electron chi connectivity index (χ2n) is 6.45. The van der Waals surface area contributed by atoms with Gasteiger partial charge in [-0.25, -0.2) is 4.39 Å². The number of amides is 1. The maximum absolute atomic E-state index is 13.7. The van der Waals surface area contributed by atoms with E-state index in [0.29, 0.717) is 16.4 Å². The average Bonchev–Trinajstić information content (AvgIpc) is 3.37. The van der Waals surface area contributed by atoms with Crippen LogP contribution in [-0.2, 0) is 6.54 Å². The van der Waals surface area contributed by atoms with Crippen molar-refractivity contribution in [1.29, 1.82) is 0 Å². The van der Waals surface area contributed by atoms with Crippen molar-refractivity contribution in [3.63, 3.8) is 0 Å². The molecule has 1 aliphatic heterocycles. The molecule has 0 unspecified atom stereocenters. The number of hydrogen-bond donors (Lipinski definition) is 1. The molecular formula is C19H20FN5OS. The van der Waals surface area contributed by atoms with Gasteiger partial charge in [-0.15, -0.1) is 10.2 Å². The van der Waals surface area contributed by atoms with Gasteiger partial charge in [-0.2, -0.15) is 0 Å². The first-order valence-electron chi connectivity index (χ1n) is 9.00. The van der Waals surface area contributed by atoms with Crippen molar-refractivity contribution >= 4 is 22.4 Å². The molecule has 1 fully saturated rings. The molecule has 1 aliphatic rings. The molecule has 140 valence electrons. The normalized spacial score (nSPS) is 14.3. The van der Waals surface area contributed by atoms with Crippen molar-refractivity contribution in [2.24, 2.45) is 0 Å². The molecule has 0 bridgehead atoms. The van der Waals surface area contributed by atoms with E-state index in [1.54, 1.807) is 41.1 Å². The van der Waals surface area contributed by atoms with Crippen molar-refractivity contribution in [3.8, 4) is 5.13 Å². The average molecular weight is 385 g/mol. The van der Waals surface area contributed by atoms with E-state index in [1.165, 1.54) is 36.7 Å². The lowest BCUT2D eigenvalue weighted by molar-refractivity contribution is 0.0944. The number of nitrogens with one attached hydrogen (secondary N) is 1. The van der Waals surface area contributed by atoms with Gasteiger partial charge in [0, 0.05) is 31.4 Å². The van der Waals surface area contributed by atoms with E-state index < -0.39 is 0 Å². The molecule has 3 heterocycles. The van der Waals surface area contributed by atoms with Crippen molar-refractivity contribution in [2.75, 3.05) is 18.0 Å². The zero-order valence-corrected chi connectivity index (χ0v) is 15.6. The summed E-state index contributed by atoms with van der Waals surface area (Å²) in [5, 5.41) is 12.9. The zero-order chi connectivity index (χ0) is 18.6. The van der Waals surface area contributed by atoms with Crippen LogP contribution in [0, 0.1) is 5.82 Å². The van der Waals surface area contributed by atoms with Crippen molar-refractivity contribution in [1.82, 2.24) is 20.1 Å². The Morgan fingerprint density at radius 3 is 2.67 bits per heavy atom. The molecule has 8 heteroatoms. The van der Waals surface area contributed by atoms with Crippen LogP contribution in [0.2, 0.25) is 0 Å². The minimum atomic E-state index is -0.330. The van der Waals surface area contributed by atoms with Crippen LogP contribution in [0.3, 0.4) is 0 Å². The lowest BCUT2D eigenvalue weighted by Gasteiger charge is -2.25. The van der Waals surface area contributed by atoms with E-state index in [9.17, 15) is 9.18 Å². The third kappa shape index (κ3) is 3.85. The molecule has 1 amide bonds. The molecule has 0 saturated carbocycles. The molecule has 0 atom stereocenters. The molecule has 4 rings (SSSR count). The smallest absolute Gasteiger partial charge is 0.268 e. The van der Waals surface area contributed by atoms with Crippen molar-refractivity contribution in [2.45, 2.75) is 25.8 Å². The quantitative estimate of drug-likeness (QED) is 0.731. The summed E-state index contributed by atoms with van der Waals surface area (Å²) in [7, 11) is 0. The van der Waals surface area contributed by atoms with Crippen LogP contribution in [0.4, 0.5) is 9.52 Å². The van der Waals surface area contributed by atoms with E-state index in [-0.39, 0.29) is 18.3 Å². The van der Waals surface area contributed by atoms with E-state index >= 15 is 0 Å². The fourth-order valence-corrected chi connectivity index (χ4v) is 4.05. The van der Waals surface area contributed by atoms with Gasteiger partial charge < -0.3 is 10.2 Å². The lowest BCUT2D eigenvalue weighted by atomic mass is 10.1. The van der Waals surface area contributed by atoms with E-state index in [1.807, 2.05) is 0 Å². The largest absolute Gasteiger partial charge is 0.347 e.